The summed E-state index contributed by atoms with van der Waals surface area (Å²) in [6.45, 7) is 0. The number of halogens is 3. The van der Waals surface area contributed by atoms with Crippen LogP contribution in [0, 0.1) is 5.92 Å². The first-order valence-corrected chi connectivity index (χ1v) is 6.22. The molecule has 2 nitrogen and oxygen atoms in total. The molecule has 1 aromatic rings. The van der Waals surface area contributed by atoms with E-state index in [1.165, 1.54) is 0 Å². The molecule has 1 aromatic carbocycles. The molecule has 0 radical (unpaired) electrons. The fourth-order valence-corrected chi connectivity index (χ4v) is 2.48. The van der Waals surface area contributed by atoms with Crippen molar-refractivity contribution in [2.24, 2.45) is 11.7 Å². The highest BCUT2D eigenvalue weighted by Gasteiger charge is 2.35. The summed E-state index contributed by atoms with van der Waals surface area (Å²) in [6, 6.07) is 2.69. The third kappa shape index (κ3) is 2.47. The SMILES string of the molecule is N[C@H](c1cc(Cl)cc(Cl)c1Cl)[C@@H](O)C1CC1. The predicted octanol–water partition coefficient (Wildman–Crippen LogP) is 3.42. The summed E-state index contributed by atoms with van der Waals surface area (Å²) in [5.41, 5.74) is 6.58. The van der Waals surface area contributed by atoms with Crippen LogP contribution in [0.25, 0.3) is 0 Å². The fraction of sp³-hybridized carbons (Fsp3) is 0.455. The Hall–Kier alpha value is 0.01000. The molecule has 0 bridgehead atoms. The third-order valence-corrected chi connectivity index (χ3v) is 3.89. The minimum absolute atomic E-state index is 0.281. The van der Waals surface area contributed by atoms with Crippen LogP contribution in [0.3, 0.4) is 0 Å². The standard InChI is InChI=1S/C11H12Cl3NO/c12-6-3-7(9(14)8(13)4-6)10(15)11(16)5-1-2-5/h3-5,10-11,16H,1-2,15H2/t10-,11+/m1/s1. The molecule has 0 unspecified atom stereocenters. The van der Waals surface area contributed by atoms with E-state index >= 15 is 0 Å². The predicted molar refractivity (Wildman–Crippen MR) is 67.1 cm³/mol. The molecular formula is C11H12Cl3NO. The van der Waals surface area contributed by atoms with Gasteiger partial charge in [-0.1, -0.05) is 34.8 Å². The molecule has 0 heterocycles. The first kappa shape index (κ1) is 12.5. The van der Waals surface area contributed by atoms with Crippen LogP contribution >= 0.6 is 34.8 Å². The number of aliphatic hydroxyl groups is 1. The van der Waals surface area contributed by atoms with Crippen LogP contribution in [0.1, 0.15) is 24.4 Å². The summed E-state index contributed by atoms with van der Waals surface area (Å²) in [5.74, 6) is 0.281. The van der Waals surface area contributed by atoms with Crippen LogP contribution in [0.4, 0.5) is 0 Å². The lowest BCUT2D eigenvalue weighted by Gasteiger charge is -2.20. The molecule has 88 valence electrons. The minimum atomic E-state index is -0.577. The van der Waals surface area contributed by atoms with E-state index in [9.17, 15) is 5.11 Å². The Bertz CT molecular complexity index is 406. The molecule has 0 saturated heterocycles. The van der Waals surface area contributed by atoms with Crippen LogP contribution in [-0.4, -0.2) is 11.2 Å². The fourth-order valence-electron chi connectivity index (χ4n) is 1.73. The maximum atomic E-state index is 9.95. The second kappa shape index (κ2) is 4.71. The number of hydrogen-bond acceptors (Lipinski definition) is 2. The first-order chi connectivity index (χ1) is 7.50. The van der Waals surface area contributed by atoms with Crippen molar-refractivity contribution in [3.63, 3.8) is 0 Å². The second-order valence-corrected chi connectivity index (χ2v) is 5.37. The molecule has 1 fully saturated rings. The summed E-state index contributed by atoms with van der Waals surface area (Å²) < 4.78 is 0. The third-order valence-electron chi connectivity index (χ3n) is 2.85. The minimum Gasteiger partial charge on any atom is -0.391 e. The lowest BCUT2D eigenvalue weighted by molar-refractivity contribution is 0.122. The van der Waals surface area contributed by atoms with Gasteiger partial charge in [0.25, 0.3) is 0 Å². The Morgan fingerprint density at radius 1 is 1.25 bits per heavy atom. The van der Waals surface area contributed by atoms with E-state index < -0.39 is 12.1 Å². The van der Waals surface area contributed by atoms with E-state index in [-0.39, 0.29) is 5.92 Å². The van der Waals surface area contributed by atoms with E-state index in [2.05, 4.69) is 0 Å². The normalized spacial score (nSPS) is 19.6. The largest absolute Gasteiger partial charge is 0.391 e. The van der Waals surface area contributed by atoms with Crippen molar-refractivity contribution in [1.82, 2.24) is 0 Å². The van der Waals surface area contributed by atoms with E-state index in [1.807, 2.05) is 0 Å². The average molecular weight is 281 g/mol. The van der Waals surface area contributed by atoms with Gasteiger partial charge in [0.05, 0.1) is 22.2 Å². The van der Waals surface area contributed by atoms with Gasteiger partial charge < -0.3 is 10.8 Å². The molecule has 2 atom stereocenters. The summed E-state index contributed by atoms with van der Waals surface area (Å²) in [5, 5.41) is 11.2. The molecular weight excluding hydrogens is 268 g/mol. The summed E-state index contributed by atoms with van der Waals surface area (Å²) in [4.78, 5) is 0. The quantitative estimate of drug-likeness (QED) is 0.833. The summed E-state index contributed by atoms with van der Waals surface area (Å²) in [7, 11) is 0. The summed E-state index contributed by atoms with van der Waals surface area (Å²) in [6.07, 6.45) is 1.45. The Morgan fingerprint density at radius 2 is 1.88 bits per heavy atom. The van der Waals surface area contributed by atoms with Gasteiger partial charge in [0.15, 0.2) is 0 Å². The lowest BCUT2D eigenvalue weighted by Crippen LogP contribution is -2.28. The van der Waals surface area contributed by atoms with Gasteiger partial charge in [-0.05, 0) is 36.5 Å². The number of hydrogen-bond donors (Lipinski definition) is 2. The van der Waals surface area contributed by atoms with E-state index in [0.717, 1.165) is 12.8 Å². The zero-order valence-electron chi connectivity index (χ0n) is 8.46. The molecule has 1 aliphatic carbocycles. The monoisotopic (exact) mass is 279 g/mol. The highest BCUT2D eigenvalue weighted by molar-refractivity contribution is 6.43. The van der Waals surface area contributed by atoms with Gasteiger partial charge >= 0.3 is 0 Å². The van der Waals surface area contributed by atoms with Crippen LogP contribution in [-0.2, 0) is 0 Å². The Morgan fingerprint density at radius 3 is 2.44 bits per heavy atom. The maximum absolute atomic E-state index is 9.95. The molecule has 5 heteroatoms. The molecule has 0 aliphatic heterocycles. The lowest BCUT2D eigenvalue weighted by atomic mass is 9.99. The van der Waals surface area contributed by atoms with Crippen LogP contribution < -0.4 is 5.73 Å². The molecule has 16 heavy (non-hydrogen) atoms. The van der Waals surface area contributed by atoms with Crippen LogP contribution in [0.2, 0.25) is 15.1 Å². The molecule has 1 aliphatic rings. The van der Waals surface area contributed by atoms with E-state index in [4.69, 9.17) is 40.5 Å². The van der Waals surface area contributed by atoms with Crippen molar-refractivity contribution in [3.05, 3.63) is 32.8 Å². The molecule has 1 saturated carbocycles. The summed E-state index contributed by atoms with van der Waals surface area (Å²) >= 11 is 17.8. The van der Waals surface area contributed by atoms with E-state index in [1.54, 1.807) is 12.1 Å². The topological polar surface area (TPSA) is 46.2 Å². The van der Waals surface area contributed by atoms with Gasteiger partial charge in [0.1, 0.15) is 0 Å². The molecule has 0 aromatic heterocycles. The average Bonchev–Trinajstić information content (AvgIpc) is 3.05. The van der Waals surface area contributed by atoms with Crippen molar-refractivity contribution < 1.29 is 5.11 Å². The van der Waals surface area contributed by atoms with Crippen molar-refractivity contribution in [1.29, 1.82) is 0 Å². The highest BCUT2D eigenvalue weighted by atomic mass is 35.5. The second-order valence-electron chi connectivity index (χ2n) is 4.14. The molecule has 3 N–H and O–H groups in total. The van der Waals surface area contributed by atoms with Gasteiger partial charge in [0, 0.05) is 5.02 Å². The van der Waals surface area contributed by atoms with Gasteiger partial charge in [-0.25, -0.2) is 0 Å². The number of benzene rings is 1. The van der Waals surface area contributed by atoms with Gasteiger partial charge in [-0.15, -0.1) is 0 Å². The van der Waals surface area contributed by atoms with Crippen molar-refractivity contribution in [2.75, 3.05) is 0 Å². The molecule has 0 amide bonds. The Balaban J connectivity index is 2.31. The number of rotatable bonds is 3. The van der Waals surface area contributed by atoms with Gasteiger partial charge in [-0.3, -0.25) is 0 Å². The zero-order chi connectivity index (χ0) is 11.9. The van der Waals surface area contributed by atoms with Crippen molar-refractivity contribution in [3.8, 4) is 0 Å². The number of nitrogens with two attached hydrogens (primary N) is 1. The van der Waals surface area contributed by atoms with Crippen molar-refractivity contribution in [2.45, 2.75) is 25.0 Å². The van der Waals surface area contributed by atoms with Gasteiger partial charge in [0.2, 0.25) is 0 Å². The van der Waals surface area contributed by atoms with E-state index in [0.29, 0.717) is 20.6 Å². The van der Waals surface area contributed by atoms with Gasteiger partial charge in [-0.2, -0.15) is 0 Å². The molecule has 2 rings (SSSR count). The highest BCUT2D eigenvalue weighted by Crippen LogP contribution is 2.40. The maximum Gasteiger partial charge on any atom is 0.0761 e. The first-order valence-electron chi connectivity index (χ1n) is 5.09. The van der Waals surface area contributed by atoms with Crippen LogP contribution in [0.5, 0.6) is 0 Å². The Kier molecular flexibility index (Phi) is 3.67. The smallest absolute Gasteiger partial charge is 0.0761 e. The van der Waals surface area contributed by atoms with Crippen molar-refractivity contribution >= 4 is 34.8 Å². The zero-order valence-corrected chi connectivity index (χ0v) is 10.7. The van der Waals surface area contributed by atoms with Crippen LogP contribution in [0.15, 0.2) is 12.1 Å². The Labute approximate surface area is 109 Å². The molecule has 0 spiro atoms. The number of aliphatic hydroxyl groups excluding tert-OH is 1.